The number of aryl methyl sites for hydroxylation is 1. The van der Waals surface area contributed by atoms with Crippen LogP contribution in [-0.4, -0.2) is 46.1 Å². The molecule has 0 aromatic heterocycles. The fourth-order valence-corrected chi connectivity index (χ4v) is 2.10. The van der Waals surface area contributed by atoms with Crippen LogP contribution in [0.5, 0.6) is 0 Å². The molecule has 0 amide bonds. The average Bonchev–Trinajstić information content (AvgIpc) is 2.71. The Hall–Kier alpha value is -0.628. The van der Waals surface area contributed by atoms with Gasteiger partial charge in [0.1, 0.15) is 0 Å². The van der Waals surface area contributed by atoms with E-state index in [0.717, 1.165) is 15.6 Å². The molecule has 0 unspecified atom stereocenters. The van der Waals surface area contributed by atoms with Gasteiger partial charge >= 0.3 is 46.1 Å². The van der Waals surface area contributed by atoms with Crippen molar-refractivity contribution < 1.29 is 19.8 Å². The second-order valence-corrected chi connectivity index (χ2v) is 6.32. The van der Waals surface area contributed by atoms with Gasteiger partial charge < -0.3 is 19.8 Å². The van der Waals surface area contributed by atoms with Crippen molar-refractivity contribution in [1.82, 2.24) is 0 Å². The summed E-state index contributed by atoms with van der Waals surface area (Å²) in [7, 11) is 0. The minimum Gasteiger partial charge on any atom is -1.00 e. The van der Waals surface area contributed by atoms with Crippen molar-refractivity contribution >= 4 is 80.3 Å². The van der Waals surface area contributed by atoms with Crippen LogP contribution in [0, 0.1) is 13.0 Å². The predicted octanol–water partition coefficient (Wildman–Crippen LogP) is 4.33. The van der Waals surface area contributed by atoms with Gasteiger partial charge in [0.15, 0.2) is 0 Å². The number of hydrogen-bond donors (Lipinski definition) is 0. The van der Waals surface area contributed by atoms with Gasteiger partial charge in [-0.05, 0) is 30.2 Å². The second-order valence-electron chi connectivity index (χ2n) is 5.41. The summed E-state index contributed by atoms with van der Waals surface area (Å²) in [5, 5.41) is 0. The fraction of sp³-hybridized carbons (Fsp3) is 0.0400. The molecule has 3 rings (SSSR count). The summed E-state index contributed by atoms with van der Waals surface area (Å²) in [6.07, 6.45) is 5.49. The normalized spacial score (nSPS) is 7.93. The van der Waals surface area contributed by atoms with E-state index in [1.807, 2.05) is 66.8 Å². The molecule has 0 aliphatic heterocycles. The minimum absolute atomic E-state index is 0. The van der Waals surface area contributed by atoms with Gasteiger partial charge in [-0.15, -0.1) is 12.1 Å². The molecule has 144 valence electrons. The largest absolute Gasteiger partial charge is 2.00 e. The average molecular weight is 535 g/mol. The zero-order valence-corrected chi connectivity index (χ0v) is 23.0. The zero-order chi connectivity index (χ0) is 19.2. The Morgan fingerprint density at radius 3 is 1.38 bits per heavy atom. The van der Waals surface area contributed by atoms with Crippen molar-refractivity contribution in [2.45, 2.75) is 6.92 Å². The van der Waals surface area contributed by atoms with E-state index < -0.39 is 0 Å². The standard InChI is InChI=1S/C9H10.C8H7Br.C8H7.BrH.2Mg.2H/c1-3-9-6-4-8(2)5-7-9;1-2-7-3-5-8(9)6-4-7;1-2-8-6-4-3-5-7-8;;;;;/h3-7H,1H2,2H3;2-6H,1H2;2,4-7H,1H2;1H;;;;/q;;-1;;2*+2;2*-1/p-1. The molecule has 0 aliphatic carbocycles. The van der Waals surface area contributed by atoms with E-state index in [-0.39, 0.29) is 65.9 Å². The second kappa shape index (κ2) is 20.6. The monoisotopic (exact) mass is 532 g/mol. The van der Waals surface area contributed by atoms with E-state index in [0.29, 0.717) is 0 Å². The van der Waals surface area contributed by atoms with Crippen molar-refractivity contribution in [3.8, 4) is 0 Å². The van der Waals surface area contributed by atoms with Crippen LogP contribution >= 0.6 is 15.9 Å². The molecule has 0 radical (unpaired) electrons. The molecule has 0 saturated carbocycles. The van der Waals surface area contributed by atoms with Crippen molar-refractivity contribution in [3.63, 3.8) is 0 Å². The van der Waals surface area contributed by atoms with Crippen molar-refractivity contribution in [3.05, 3.63) is 125 Å². The molecular weight excluding hydrogens is 509 g/mol. The molecule has 0 atom stereocenters. The van der Waals surface area contributed by atoms with Gasteiger partial charge in [-0.25, -0.2) is 0 Å². The molecule has 0 nitrogen and oxygen atoms in total. The Morgan fingerprint density at radius 2 is 1.03 bits per heavy atom. The molecule has 3 aromatic rings. The molecule has 4 heteroatoms. The number of halogens is 2. The minimum atomic E-state index is 0. The Kier molecular flexibility index (Phi) is 23.5. The van der Waals surface area contributed by atoms with Gasteiger partial charge in [-0.2, -0.15) is 30.3 Å². The van der Waals surface area contributed by atoms with Crippen LogP contribution in [0.2, 0.25) is 0 Å². The summed E-state index contributed by atoms with van der Waals surface area (Å²) >= 11 is 3.34. The maximum absolute atomic E-state index is 3.66. The third kappa shape index (κ3) is 15.8. The SMILES string of the molecule is C=Cc1cc[c-]cc1.C=Cc1ccc(Br)cc1.C=Cc1ccc(C)cc1.[Br-].[H-].[H-].[Mg+2].[Mg+2]. The van der Waals surface area contributed by atoms with E-state index in [4.69, 9.17) is 0 Å². The van der Waals surface area contributed by atoms with Crippen molar-refractivity contribution in [2.24, 2.45) is 0 Å². The number of hydrogen-bond acceptors (Lipinski definition) is 0. The quantitative estimate of drug-likeness (QED) is 0.347. The Morgan fingerprint density at radius 1 is 0.690 bits per heavy atom. The van der Waals surface area contributed by atoms with E-state index in [1.54, 1.807) is 0 Å². The van der Waals surface area contributed by atoms with Crippen LogP contribution in [0.25, 0.3) is 18.2 Å². The summed E-state index contributed by atoms with van der Waals surface area (Å²) in [6.45, 7) is 13.0. The third-order valence-corrected chi connectivity index (χ3v) is 3.93. The van der Waals surface area contributed by atoms with Crippen LogP contribution < -0.4 is 17.0 Å². The summed E-state index contributed by atoms with van der Waals surface area (Å²) < 4.78 is 1.10. The molecule has 0 bridgehead atoms. The molecule has 0 fully saturated rings. The first kappa shape index (κ1) is 33.0. The fourth-order valence-electron chi connectivity index (χ4n) is 1.84. The molecule has 3 aromatic carbocycles. The Balaban J connectivity index is -0.000000101. The van der Waals surface area contributed by atoms with Crippen LogP contribution in [0.1, 0.15) is 25.1 Å². The summed E-state index contributed by atoms with van der Waals surface area (Å²) in [6, 6.07) is 26.9. The Bertz CT molecular complexity index is 758. The topological polar surface area (TPSA) is 0 Å². The maximum Gasteiger partial charge on any atom is 2.00 e. The van der Waals surface area contributed by atoms with Gasteiger partial charge in [-0.1, -0.05) is 89.3 Å². The first-order valence-electron chi connectivity index (χ1n) is 8.24. The van der Waals surface area contributed by atoms with E-state index in [1.165, 1.54) is 11.1 Å². The third-order valence-electron chi connectivity index (χ3n) is 3.40. The summed E-state index contributed by atoms with van der Waals surface area (Å²) in [5.74, 6) is 0. The van der Waals surface area contributed by atoms with Gasteiger partial charge in [-0.3, -0.25) is 0 Å². The summed E-state index contributed by atoms with van der Waals surface area (Å²) in [5.41, 5.74) is 4.77. The van der Waals surface area contributed by atoms with Gasteiger partial charge in [0.2, 0.25) is 0 Å². The van der Waals surface area contributed by atoms with Gasteiger partial charge in [0, 0.05) is 4.47 Å². The molecule has 0 heterocycles. The van der Waals surface area contributed by atoms with E-state index in [9.17, 15) is 0 Å². The maximum atomic E-state index is 3.66. The van der Waals surface area contributed by atoms with E-state index in [2.05, 4.69) is 72.9 Å². The van der Waals surface area contributed by atoms with Crippen LogP contribution in [-0.2, 0) is 0 Å². The van der Waals surface area contributed by atoms with Crippen molar-refractivity contribution in [1.29, 1.82) is 0 Å². The molecule has 29 heavy (non-hydrogen) atoms. The first-order chi connectivity index (χ1) is 12.6. The predicted molar refractivity (Wildman–Crippen MR) is 135 cm³/mol. The van der Waals surface area contributed by atoms with Crippen LogP contribution in [0.15, 0.2) is 97.0 Å². The van der Waals surface area contributed by atoms with Crippen LogP contribution in [0.4, 0.5) is 0 Å². The summed E-state index contributed by atoms with van der Waals surface area (Å²) in [4.78, 5) is 0. The zero-order valence-electron chi connectivity index (χ0n) is 19.0. The van der Waals surface area contributed by atoms with Gasteiger partial charge in [0.25, 0.3) is 0 Å². The Labute approximate surface area is 230 Å². The number of benzene rings is 3. The van der Waals surface area contributed by atoms with Gasteiger partial charge in [0.05, 0.1) is 0 Å². The van der Waals surface area contributed by atoms with Crippen LogP contribution in [0.3, 0.4) is 0 Å². The molecule has 0 aliphatic rings. The smallest absolute Gasteiger partial charge is 1.00 e. The van der Waals surface area contributed by atoms with Crippen molar-refractivity contribution in [2.75, 3.05) is 0 Å². The molecule has 0 N–H and O–H groups in total. The molecule has 0 spiro atoms. The number of rotatable bonds is 3. The molecule has 0 saturated heterocycles. The van der Waals surface area contributed by atoms with E-state index >= 15 is 0 Å². The first-order valence-corrected chi connectivity index (χ1v) is 9.04. The molecular formula is C25H26Br2Mg2.